The molecule has 4 atom stereocenters. The van der Waals surface area contributed by atoms with Gasteiger partial charge in [0, 0.05) is 42.2 Å². The summed E-state index contributed by atoms with van der Waals surface area (Å²) in [5.74, 6) is 2.93. The molecule has 7 nitrogen and oxygen atoms in total. The van der Waals surface area contributed by atoms with Gasteiger partial charge < -0.3 is 19.8 Å². The highest BCUT2D eigenvalue weighted by Crippen LogP contribution is 2.43. The van der Waals surface area contributed by atoms with Crippen LogP contribution in [0.5, 0.6) is 5.75 Å². The minimum atomic E-state index is -0.280. The lowest BCUT2D eigenvalue weighted by Crippen LogP contribution is -2.48. The maximum atomic E-state index is 13.9. The second kappa shape index (κ2) is 7.15. The first-order chi connectivity index (χ1) is 15.7. The van der Waals surface area contributed by atoms with E-state index in [1.54, 1.807) is 6.33 Å². The maximum Gasteiger partial charge on any atom is 0.143 e. The van der Waals surface area contributed by atoms with Gasteiger partial charge in [-0.3, -0.25) is 4.90 Å². The van der Waals surface area contributed by atoms with Gasteiger partial charge in [-0.05, 0) is 30.9 Å². The molecular formula is C24H26FN5O2. The molecular weight excluding hydrogens is 409 g/mol. The minimum Gasteiger partial charge on any atom is -0.491 e. The van der Waals surface area contributed by atoms with Gasteiger partial charge in [0.25, 0.3) is 0 Å². The van der Waals surface area contributed by atoms with Crippen molar-refractivity contribution in [1.29, 1.82) is 0 Å². The molecule has 1 unspecified atom stereocenters. The third-order valence-corrected chi connectivity index (χ3v) is 7.60. The SMILES string of the molecule is Fc1ccc2c(c1)OC[C@H](N1CC3COC[C@H]3C1)[C@H]2Nc1ncnc2[nH]c(C3CC3)cc12. The summed E-state index contributed by atoms with van der Waals surface area (Å²) in [4.78, 5) is 15.0. The normalized spacial score (nSPS) is 29.7. The number of H-pyrrole nitrogens is 1. The number of nitrogens with zero attached hydrogens (tertiary/aromatic N) is 3. The van der Waals surface area contributed by atoms with Crippen molar-refractivity contribution < 1.29 is 13.9 Å². The van der Waals surface area contributed by atoms with Crippen LogP contribution in [0.2, 0.25) is 0 Å². The smallest absolute Gasteiger partial charge is 0.143 e. The number of hydrogen-bond acceptors (Lipinski definition) is 6. The lowest BCUT2D eigenvalue weighted by atomic mass is 9.94. The molecule has 166 valence electrons. The number of likely N-dealkylation sites (tertiary alicyclic amines) is 1. The van der Waals surface area contributed by atoms with Crippen molar-refractivity contribution in [2.24, 2.45) is 11.8 Å². The van der Waals surface area contributed by atoms with Crippen molar-refractivity contribution in [1.82, 2.24) is 19.9 Å². The van der Waals surface area contributed by atoms with Gasteiger partial charge in [0.2, 0.25) is 0 Å². The van der Waals surface area contributed by atoms with Crippen LogP contribution in [0.4, 0.5) is 10.2 Å². The van der Waals surface area contributed by atoms with E-state index in [4.69, 9.17) is 9.47 Å². The Morgan fingerprint density at radius 3 is 2.72 bits per heavy atom. The highest BCUT2D eigenvalue weighted by molar-refractivity contribution is 5.88. The molecule has 3 fully saturated rings. The van der Waals surface area contributed by atoms with Gasteiger partial charge in [-0.15, -0.1) is 0 Å². The van der Waals surface area contributed by atoms with Crippen LogP contribution in [0.25, 0.3) is 11.0 Å². The molecule has 4 aliphatic rings. The summed E-state index contributed by atoms with van der Waals surface area (Å²) in [6.45, 7) is 4.21. The number of aromatic nitrogens is 3. The second-order valence-electron chi connectivity index (χ2n) is 9.68. The molecule has 5 heterocycles. The molecule has 1 saturated carbocycles. The zero-order valence-electron chi connectivity index (χ0n) is 17.8. The largest absolute Gasteiger partial charge is 0.491 e. The van der Waals surface area contributed by atoms with E-state index < -0.39 is 0 Å². The quantitative estimate of drug-likeness (QED) is 0.654. The number of aromatic amines is 1. The van der Waals surface area contributed by atoms with E-state index in [0.29, 0.717) is 30.1 Å². The van der Waals surface area contributed by atoms with Crippen LogP contribution < -0.4 is 10.1 Å². The summed E-state index contributed by atoms with van der Waals surface area (Å²) in [6.07, 6.45) is 4.06. The molecule has 32 heavy (non-hydrogen) atoms. The number of benzene rings is 1. The predicted molar refractivity (Wildman–Crippen MR) is 117 cm³/mol. The molecule has 1 aromatic carbocycles. The van der Waals surface area contributed by atoms with Crippen molar-refractivity contribution in [3.63, 3.8) is 0 Å². The first-order valence-electron chi connectivity index (χ1n) is 11.6. The van der Waals surface area contributed by atoms with Crippen LogP contribution in [0, 0.1) is 17.7 Å². The Labute approximate surface area is 185 Å². The van der Waals surface area contributed by atoms with Crippen LogP contribution in [0.15, 0.2) is 30.6 Å². The number of hydrogen-bond donors (Lipinski definition) is 2. The molecule has 3 aromatic rings. The van der Waals surface area contributed by atoms with Gasteiger partial charge in [0.05, 0.1) is 30.7 Å². The van der Waals surface area contributed by atoms with Crippen molar-refractivity contribution in [3.8, 4) is 5.75 Å². The van der Waals surface area contributed by atoms with Gasteiger partial charge in [0.15, 0.2) is 0 Å². The standard InChI is InChI=1S/C24H26FN5O2/c25-16-3-4-17-21(5-16)32-11-20(30-7-14-9-31-10-15(14)8-30)22(17)29-24-18-6-19(13-1-2-13)28-23(18)26-12-27-24/h3-6,12-15,20,22H,1-2,7-11H2,(H2,26,27,28,29)/t14-,15?,20+,22+/m1/s1. The maximum absolute atomic E-state index is 13.9. The van der Waals surface area contributed by atoms with Gasteiger partial charge in [-0.1, -0.05) is 6.07 Å². The lowest BCUT2D eigenvalue weighted by Gasteiger charge is -2.40. The molecule has 0 radical (unpaired) electrons. The second-order valence-corrected chi connectivity index (χ2v) is 9.68. The Hall–Kier alpha value is -2.71. The fourth-order valence-corrected chi connectivity index (χ4v) is 5.69. The molecule has 0 amide bonds. The number of fused-ring (bicyclic) bond motifs is 3. The topological polar surface area (TPSA) is 75.3 Å². The van der Waals surface area contributed by atoms with E-state index in [2.05, 4.69) is 31.2 Å². The van der Waals surface area contributed by atoms with Crippen LogP contribution in [0.3, 0.4) is 0 Å². The van der Waals surface area contributed by atoms with Gasteiger partial charge >= 0.3 is 0 Å². The Morgan fingerprint density at radius 1 is 1.06 bits per heavy atom. The Morgan fingerprint density at radius 2 is 1.91 bits per heavy atom. The van der Waals surface area contributed by atoms with Crippen molar-refractivity contribution in [2.75, 3.05) is 38.2 Å². The molecule has 3 aliphatic heterocycles. The molecule has 8 heteroatoms. The van der Waals surface area contributed by atoms with Gasteiger partial charge in [-0.2, -0.15) is 0 Å². The van der Waals surface area contributed by atoms with Crippen LogP contribution >= 0.6 is 0 Å². The number of anilines is 1. The fourth-order valence-electron chi connectivity index (χ4n) is 5.69. The highest BCUT2D eigenvalue weighted by atomic mass is 19.1. The van der Waals surface area contributed by atoms with Crippen molar-refractivity contribution in [3.05, 3.63) is 47.7 Å². The fraction of sp³-hybridized carbons (Fsp3) is 0.500. The zero-order chi connectivity index (χ0) is 21.2. The number of nitrogens with one attached hydrogen (secondary N) is 2. The molecule has 2 N–H and O–H groups in total. The summed E-state index contributed by atoms with van der Waals surface area (Å²) in [6, 6.07) is 7.11. The summed E-state index contributed by atoms with van der Waals surface area (Å²) >= 11 is 0. The van der Waals surface area contributed by atoms with E-state index in [1.165, 1.54) is 30.7 Å². The average molecular weight is 436 g/mol. The Bertz CT molecular complexity index is 1170. The van der Waals surface area contributed by atoms with Gasteiger partial charge in [-0.25, -0.2) is 14.4 Å². The number of halogens is 1. The highest BCUT2D eigenvalue weighted by Gasteiger charge is 2.44. The molecule has 0 spiro atoms. The van der Waals surface area contributed by atoms with E-state index in [1.807, 2.05) is 6.07 Å². The summed E-state index contributed by atoms with van der Waals surface area (Å²) in [5, 5.41) is 4.73. The zero-order valence-corrected chi connectivity index (χ0v) is 17.8. The third-order valence-electron chi connectivity index (χ3n) is 7.60. The van der Waals surface area contributed by atoms with E-state index >= 15 is 0 Å². The molecule has 7 rings (SSSR count). The number of rotatable bonds is 4. The molecule has 0 bridgehead atoms. The van der Waals surface area contributed by atoms with E-state index in [9.17, 15) is 4.39 Å². The van der Waals surface area contributed by atoms with Crippen molar-refractivity contribution >= 4 is 16.9 Å². The molecule has 2 saturated heterocycles. The summed E-state index contributed by atoms with van der Waals surface area (Å²) in [7, 11) is 0. The van der Waals surface area contributed by atoms with Crippen LogP contribution in [-0.2, 0) is 4.74 Å². The monoisotopic (exact) mass is 435 g/mol. The average Bonchev–Trinajstić information content (AvgIpc) is 3.20. The molecule has 2 aromatic heterocycles. The Balaban J connectivity index is 1.26. The number of ether oxygens (including phenoxy) is 2. The van der Waals surface area contributed by atoms with Crippen LogP contribution in [-0.4, -0.2) is 58.8 Å². The first kappa shape index (κ1) is 18.8. The van der Waals surface area contributed by atoms with E-state index in [-0.39, 0.29) is 17.9 Å². The predicted octanol–water partition coefficient (Wildman–Crippen LogP) is 3.47. The van der Waals surface area contributed by atoms with E-state index in [0.717, 1.165) is 48.7 Å². The molecule has 1 aliphatic carbocycles. The summed E-state index contributed by atoms with van der Waals surface area (Å²) < 4.78 is 25.7. The van der Waals surface area contributed by atoms with Gasteiger partial charge in [0.1, 0.15) is 36.0 Å². The third kappa shape index (κ3) is 3.08. The Kier molecular flexibility index (Phi) is 4.20. The lowest BCUT2D eigenvalue weighted by molar-refractivity contribution is 0.0950. The van der Waals surface area contributed by atoms with Crippen LogP contribution in [0.1, 0.15) is 36.1 Å². The summed E-state index contributed by atoms with van der Waals surface area (Å²) in [5.41, 5.74) is 3.07. The van der Waals surface area contributed by atoms with Crippen molar-refractivity contribution in [2.45, 2.75) is 30.8 Å². The minimum absolute atomic E-state index is 0.0588. The first-order valence-corrected chi connectivity index (χ1v) is 11.6.